The zero-order valence-corrected chi connectivity index (χ0v) is 12.2. The van der Waals surface area contributed by atoms with E-state index < -0.39 is 0 Å². The summed E-state index contributed by atoms with van der Waals surface area (Å²) in [5.74, 6) is 0.682. The fraction of sp³-hybridized carbons (Fsp3) is 0. The molecule has 0 saturated heterocycles. The number of furan rings is 1. The Balaban J connectivity index is 1.84. The first-order valence-corrected chi connectivity index (χ1v) is 7.52. The Morgan fingerprint density at radius 3 is 2.43 bits per heavy atom. The molecule has 0 aliphatic rings. The van der Waals surface area contributed by atoms with Gasteiger partial charge >= 0.3 is 0 Å². The van der Waals surface area contributed by atoms with Gasteiger partial charge in [0, 0.05) is 22.5 Å². The molecule has 0 radical (unpaired) electrons. The lowest BCUT2D eigenvalue weighted by molar-refractivity contribution is 0.657. The number of fused-ring (bicyclic) bond motifs is 5. The molecule has 5 rings (SSSR count). The average Bonchev–Trinajstić information content (AvgIpc) is 3.00. The number of hydrogen-bond acceptors (Lipinski definition) is 3. The van der Waals surface area contributed by atoms with E-state index in [-0.39, 0.29) is 0 Å². The highest BCUT2D eigenvalue weighted by Crippen LogP contribution is 2.33. The molecule has 3 aromatic carbocycles. The van der Waals surface area contributed by atoms with Gasteiger partial charge in [0.25, 0.3) is 0 Å². The third kappa shape index (κ3) is 1.83. The van der Waals surface area contributed by atoms with Crippen molar-refractivity contribution in [2.75, 3.05) is 0 Å². The average molecular weight is 296 g/mol. The lowest BCUT2D eigenvalue weighted by Crippen LogP contribution is -1.87. The van der Waals surface area contributed by atoms with Crippen LogP contribution in [-0.4, -0.2) is 9.97 Å². The second-order valence-corrected chi connectivity index (χ2v) is 5.54. The summed E-state index contributed by atoms with van der Waals surface area (Å²) in [7, 11) is 0. The van der Waals surface area contributed by atoms with Crippen LogP contribution in [-0.2, 0) is 0 Å². The van der Waals surface area contributed by atoms with Gasteiger partial charge in [0.1, 0.15) is 5.58 Å². The third-order valence-electron chi connectivity index (χ3n) is 4.15. The minimum atomic E-state index is 0.630. The van der Waals surface area contributed by atoms with Crippen molar-refractivity contribution in [2.45, 2.75) is 0 Å². The van der Waals surface area contributed by atoms with Crippen LogP contribution in [0.5, 0.6) is 0 Å². The summed E-state index contributed by atoms with van der Waals surface area (Å²) in [4.78, 5) is 9.12. The Bertz CT molecular complexity index is 1160. The van der Waals surface area contributed by atoms with Gasteiger partial charge in [-0.3, -0.25) is 0 Å². The molecule has 0 amide bonds. The maximum absolute atomic E-state index is 6.08. The van der Waals surface area contributed by atoms with Gasteiger partial charge in [-0.25, -0.2) is 4.98 Å². The van der Waals surface area contributed by atoms with Gasteiger partial charge in [-0.15, -0.1) is 0 Å². The summed E-state index contributed by atoms with van der Waals surface area (Å²) in [6, 6.07) is 22.3. The molecule has 0 bridgehead atoms. The van der Waals surface area contributed by atoms with E-state index in [4.69, 9.17) is 4.42 Å². The maximum atomic E-state index is 6.08. The second kappa shape index (κ2) is 4.65. The Morgan fingerprint density at radius 2 is 1.52 bits per heavy atom. The molecule has 0 atom stereocenters. The van der Waals surface area contributed by atoms with Gasteiger partial charge in [0.05, 0.1) is 5.39 Å². The standard InChI is InChI=1S/C20H12N2O/c1-2-7-14(8-3-1)19-21-12-17-16-11-10-13-6-4-5-9-15(13)18(16)23-20(17)22-19/h1-12H. The van der Waals surface area contributed by atoms with E-state index in [1.54, 1.807) is 0 Å². The van der Waals surface area contributed by atoms with E-state index in [1.165, 1.54) is 0 Å². The van der Waals surface area contributed by atoms with Crippen molar-refractivity contribution in [1.29, 1.82) is 0 Å². The summed E-state index contributed by atoms with van der Waals surface area (Å²) in [6.45, 7) is 0. The van der Waals surface area contributed by atoms with Crippen molar-refractivity contribution >= 4 is 32.8 Å². The maximum Gasteiger partial charge on any atom is 0.230 e. The Labute approximate surface area is 132 Å². The fourth-order valence-corrected chi connectivity index (χ4v) is 3.02. The van der Waals surface area contributed by atoms with Crippen LogP contribution in [0.1, 0.15) is 0 Å². The summed E-state index contributed by atoms with van der Waals surface area (Å²) in [5.41, 5.74) is 2.49. The lowest BCUT2D eigenvalue weighted by atomic mass is 10.1. The first-order valence-electron chi connectivity index (χ1n) is 7.52. The van der Waals surface area contributed by atoms with Crippen LogP contribution in [0.4, 0.5) is 0 Å². The van der Waals surface area contributed by atoms with Gasteiger partial charge in [-0.2, -0.15) is 4.98 Å². The molecule has 3 heteroatoms. The predicted molar refractivity (Wildman–Crippen MR) is 92.3 cm³/mol. The monoisotopic (exact) mass is 296 g/mol. The second-order valence-electron chi connectivity index (χ2n) is 5.54. The van der Waals surface area contributed by atoms with Crippen LogP contribution in [0.2, 0.25) is 0 Å². The van der Waals surface area contributed by atoms with E-state index >= 15 is 0 Å². The van der Waals surface area contributed by atoms with Crippen LogP contribution >= 0.6 is 0 Å². The molecule has 0 unspecified atom stereocenters. The molecule has 5 aromatic rings. The normalized spacial score (nSPS) is 11.5. The van der Waals surface area contributed by atoms with E-state index in [0.29, 0.717) is 11.5 Å². The number of aromatic nitrogens is 2. The van der Waals surface area contributed by atoms with Crippen molar-refractivity contribution < 1.29 is 4.42 Å². The van der Waals surface area contributed by atoms with Gasteiger partial charge in [0.2, 0.25) is 5.71 Å². The minimum absolute atomic E-state index is 0.630. The van der Waals surface area contributed by atoms with Crippen LogP contribution in [0.25, 0.3) is 44.2 Å². The van der Waals surface area contributed by atoms with Crippen molar-refractivity contribution in [3.63, 3.8) is 0 Å². The Hall–Kier alpha value is -3.20. The summed E-state index contributed by atoms with van der Waals surface area (Å²) < 4.78 is 6.08. The predicted octanol–water partition coefficient (Wildman–Crippen LogP) is 5.20. The van der Waals surface area contributed by atoms with Gasteiger partial charge in [-0.05, 0) is 11.5 Å². The van der Waals surface area contributed by atoms with Crippen LogP contribution in [0, 0.1) is 0 Å². The topological polar surface area (TPSA) is 38.9 Å². The largest absolute Gasteiger partial charge is 0.437 e. The van der Waals surface area contributed by atoms with Crippen LogP contribution < -0.4 is 0 Å². The molecule has 2 heterocycles. The van der Waals surface area contributed by atoms with E-state index in [0.717, 1.165) is 32.7 Å². The Kier molecular flexibility index (Phi) is 2.50. The zero-order valence-electron chi connectivity index (χ0n) is 12.2. The molecule has 0 spiro atoms. The minimum Gasteiger partial charge on any atom is -0.437 e. The number of nitrogens with zero attached hydrogens (tertiary/aromatic N) is 2. The van der Waals surface area contributed by atoms with Gasteiger partial charge < -0.3 is 4.42 Å². The first kappa shape index (κ1) is 12.4. The number of benzene rings is 3. The molecule has 0 N–H and O–H groups in total. The van der Waals surface area contributed by atoms with Crippen molar-refractivity contribution in [3.05, 3.63) is 72.9 Å². The SMILES string of the molecule is c1ccc(-c2ncc3c(n2)oc2c4ccccc4ccc32)cc1. The molecule has 0 aliphatic heterocycles. The quantitative estimate of drug-likeness (QED) is 0.427. The summed E-state index contributed by atoms with van der Waals surface area (Å²) in [6.07, 6.45) is 1.85. The van der Waals surface area contributed by atoms with E-state index in [1.807, 2.05) is 48.7 Å². The third-order valence-corrected chi connectivity index (χ3v) is 4.15. The molecule has 0 saturated carbocycles. The zero-order chi connectivity index (χ0) is 15.2. The molecule has 108 valence electrons. The summed E-state index contributed by atoms with van der Waals surface area (Å²) in [5, 5.41) is 4.27. The number of hydrogen-bond donors (Lipinski definition) is 0. The molecule has 3 nitrogen and oxygen atoms in total. The lowest BCUT2D eigenvalue weighted by Gasteiger charge is -1.98. The van der Waals surface area contributed by atoms with Crippen LogP contribution in [0.3, 0.4) is 0 Å². The van der Waals surface area contributed by atoms with Crippen molar-refractivity contribution in [2.24, 2.45) is 0 Å². The molecule has 2 aromatic heterocycles. The highest BCUT2D eigenvalue weighted by Gasteiger charge is 2.12. The highest BCUT2D eigenvalue weighted by atomic mass is 16.3. The van der Waals surface area contributed by atoms with Gasteiger partial charge in [0.15, 0.2) is 5.82 Å². The highest BCUT2D eigenvalue weighted by molar-refractivity contribution is 6.14. The van der Waals surface area contributed by atoms with Crippen molar-refractivity contribution in [1.82, 2.24) is 9.97 Å². The Morgan fingerprint density at radius 1 is 0.696 bits per heavy atom. The molecular formula is C20H12N2O. The van der Waals surface area contributed by atoms with Crippen molar-refractivity contribution in [3.8, 4) is 11.4 Å². The molecule has 0 aliphatic carbocycles. The van der Waals surface area contributed by atoms with Gasteiger partial charge in [-0.1, -0.05) is 60.7 Å². The molecular weight excluding hydrogens is 284 g/mol. The van der Waals surface area contributed by atoms with E-state index in [9.17, 15) is 0 Å². The van der Waals surface area contributed by atoms with Crippen LogP contribution in [0.15, 0.2) is 77.3 Å². The molecule has 0 fully saturated rings. The summed E-state index contributed by atoms with van der Waals surface area (Å²) >= 11 is 0. The first-order chi connectivity index (χ1) is 11.4. The van der Waals surface area contributed by atoms with E-state index in [2.05, 4.69) is 34.2 Å². The smallest absolute Gasteiger partial charge is 0.230 e. The fourth-order valence-electron chi connectivity index (χ4n) is 3.02. The molecule has 23 heavy (non-hydrogen) atoms. The number of rotatable bonds is 1.